The molecular formula is C21H28N2O4. The zero-order valence-electron chi connectivity index (χ0n) is 15.9. The Hall–Kier alpha value is -2.31. The second-order valence-electron chi connectivity index (χ2n) is 6.62. The molecule has 146 valence electrons. The number of furan rings is 1. The van der Waals surface area contributed by atoms with Gasteiger partial charge in [0.2, 0.25) is 0 Å². The van der Waals surface area contributed by atoms with Gasteiger partial charge in [-0.05, 0) is 36.8 Å². The van der Waals surface area contributed by atoms with E-state index in [1.807, 2.05) is 24.3 Å². The molecule has 0 spiro atoms. The largest absolute Gasteiger partial charge is 0.494 e. The number of ether oxygens (including phenoxy) is 2. The molecule has 1 aromatic carbocycles. The molecular weight excluding hydrogens is 344 g/mol. The van der Waals surface area contributed by atoms with Crippen molar-refractivity contribution in [3.8, 4) is 5.75 Å². The van der Waals surface area contributed by atoms with Crippen LogP contribution in [0.1, 0.15) is 41.9 Å². The number of carbonyl (C=O) groups excluding carboxylic acids is 1. The summed E-state index contributed by atoms with van der Waals surface area (Å²) in [7, 11) is 0. The first kappa shape index (κ1) is 19.5. The molecule has 1 saturated heterocycles. The van der Waals surface area contributed by atoms with Crippen molar-refractivity contribution in [2.24, 2.45) is 0 Å². The van der Waals surface area contributed by atoms with E-state index in [0.29, 0.717) is 31.9 Å². The minimum Gasteiger partial charge on any atom is -0.494 e. The van der Waals surface area contributed by atoms with Gasteiger partial charge in [-0.3, -0.25) is 9.69 Å². The Kier molecular flexibility index (Phi) is 7.30. The zero-order valence-corrected chi connectivity index (χ0v) is 15.9. The molecule has 0 radical (unpaired) electrons. The fourth-order valence-corrected chi connectivity index (χ4v) is 3.13. The highest BCUT2D eigenvalue weighted by Gasteiger charge is 2.25. The lowest BCUT2D eigenvalue weighted by Gasteiger charge is -2.33. The van der Waals surface area contributed by atoms with Gasteiger partial charge in [-0.15, -0.1) is 0 Å². The molecule has 6 heteroatoms. The normalized spacial score (nSPS) is 16.0. The summed E-state index contributed by atoms with van der Waals surface area (Å²) in [6.45, 7) is 6.30. The topological polar surface area (TPSA) is 63.9 Å². The number of nitrogens with zero attached hydrogens (tertiary/aromatic N) is 1. The van der Waals surface area contributed by atoms with Crippen molar-refractivity contribution in [2.45, 2.75) is 25.8 Å². The minimum atomic E-state index is -0.110. The summed E-state index contributed by atoms with van der Waals surface area (Å²) in [5, 5.41) is 3.04. The van der Waals surface area contributed by atoms with Crippen molar-refractivity contribution in [3.63, 3.8) is 0 Å². The highest BCUT2D eigenvalue weighted by atomic mass is 16.5. The van der Waals surface area contributed by atoms with E-state index in [1.54, 1.807) is 18.4 Å². The van der Waals surface area contributed by atoms with Gasteiger partial charge in [0, 0.05) is 25.2 Å². The molecule has 0 unspecified atom stereocenters. The van der Waals surface area contributed by atoms with Gasteiger partial charge >= 0.3 is 0 Å². The van der Waals surface area contributed by atoms with Crippen LogP contribution in [0.2, 0.25) is 0 Å². The van der Waals surface area contributed by atoms with E-state index >= 15 is 0 Å². The molecule has 27 heavy (non-hydrogen) atoms. The van der Waals surface area contributed by atoms with Crippen molar-refractivity contribution in [2.75, 3.05) is 39.5 Å². The summed E-state index contributed by atoms with van der Waals surface area (Å²) < 4.78 is 16.7. The maximum absolute atomic E-state index is 12.6. The minimum absolute atomic E-state index is 0.00293. The van der Waals surface area contributed by atoms with Crippen LogP contribution in [0.5, 0.6) is 5.75 Å². The van der Waals surface area contributed by atoms with Gasteiger partial charge in [0.1, 0.15) is 11.5 Å². The smallest absolute Gasteiger partial charge is 0.251 e. The van der Waals surface area contributed by atoms with Gasteiger partial charge in [0.05, 0.1) is 32.1 Å². The molecule has 2 heterocycles. The molecule has 1 N–H and O–H groups in total. The number of nitrogens with one attached hydrogen (secondary N) is 1. The standard InChI is InChI=1S/C21H28N2O4/c1-2-3-11-26-18-7-4-6-17(15-18)21(24)22-16-19(20-8-5-12-27-20)23-9-13-25-14-10-23/h4-8,12,15,19H,2-3,9-11,13-14,16H2,1H3,(H,22,24)/t19-/m1/s1. The molecule has 2 aromatic rings. The number of carbonyl (C=O) groups is 1. The number of benzene rings is 1. The maximum Gasteiger partial charge on any atom is 0.251 e. The zero-order chi connectivity index (χ0) is 18.9. The van der Waals surface area contributed by atoms with Crippen LogP contribution in [0.25, 0.3) is 0 Å². The summed E-state index contributed by atoms with van der Waals surface area (Å²) in [5.74, 6) is 1.47. The van der Waals surface area contributed by atoms with E-state index in [4.69, 9.17) is 13.9 Å². The average molecular weight is 372 g/mol. The Bertz CT molecular complexity index is 696. The van der Waals surface area contributed by atoms with Gasteiger partial charge < -0.3 is 19.2 Å². The lowest BCUT2D eigenvalue weighted by Crippen LogP contribution is -2.43. The van der Waals surface area contributed by atoms with Crippen molar-refractivity contribution >= 4 is 5.91 Å². The van der Waals surface area contributed by atoms with E-state index in [0.717, 1.165) is 37.4 Å². The van der Waals surface area contributed by atoms with Crippen LogP contribution in [0.3, 0.4) is 0 Å². The third-order valence-electron chi connectivity index (χ3n) is 4.68. The van der Waals surface area contributed by atoms with Gasteiger partial charge in [-0.2, -0.15) is 0 Å². The van der Waals surface area contributed by atoms with Crippen LogP contribution in [0, 0.1) is 0 Å². The van der Waals surface area contributed by atoms with Crippen LogP contribution in [-0.4, -0.2) is 50.3 Å². The van der Waals surface area contributed by atoms with E-state index < -0.39 is 0 Å². The predicted octanol–water partition coefficient (Wildman–Crippen LogP) is 3.26. The lowest BCUT2D eigenvalue weighted by molar-refractivity contribution is 0.0118. The molecule has 1 aliphatic heterocycles. The molecule has 0 bridgehead atoms. The second-order valence-corrected chi connectivity index (χ2v) is 6.62. The Balaban J connectivity index is 1.61. The van der Waals surface area contributed by atoms with E-state index in [9.17, 15) is 4.79 Å². The lowest BCUT2D eigenvalue weighted by atomic mass is 10.1. The number of amides is 1. The molecule has 1 aromatic heterocycles. The van der Waals surface area contributed by atoms with Crippen molar-refractivity contribution < 1.29 is 18.7 Å². The summed E-state index contributed by atoms with van der Waals surface area (Å²) in [5.41, 5.74) is 0.601. The summed E-state index contributed by atoms with van der Waals surface area (Å²) in [6, 6.07) is 11.2. The van der Waals surface area contributed by atoms with Crippen LogP contribution < -0.4 is 10.1 Å². The first-order chi connectivity index (χ1) is 13.3. The fourth-order valence-electron chi connectivity index (χ4n) is 3.13. The summed E-state index contributed by atoms with van der Waals surface area (Å²) in [6.07, 6.45) is 3.75. The van der Waals surface area contributed by atoms with Gasteiger partial charge in [0.15, 0.2) is 0 Å². The summed E-state index contributed by atoms with van der Waals surface area (Å²) >= 11 is 0. The van der Waals surface area contributed by atoms with E-state index in [1.165, 1.54) is 0 Å². The number of rotatable bonds is 9. The quantitative estimate of drug-likeness (QED) is 0.685. The number of hydrogen-bond donors (Lipinski definition) is 1. The average Bonchev–Trinajstić information content (AvgIpc) is 3.24. The van der Waals surface area contributed by atoms with Crippen LogP contribution in [-0.2, 0) is 4.74 Å². The third kappa shape index (κ3) is 5.58. The molecule has 0 saturated carbocycles. The molecule has 1 fully saturated rings. The number of hydrogen-bond acceptors (Lipinski definition) is 5. The van der Waals surface area contributed by atoms with Gasteiger partial charge in [-0.1, -0.05) is 19.4 Å². The Morgan fingerprint density at radius 1 is 1.26 bits per heavy atom. The number of unbranched alkanes of at least 4 members (excludes halogenated alkanes) is 1. The third-order valence-corrected chi connectivity index (χ3v) is 4.68. The molecule has 1 atom stereocenters. The molecule has 0 aliphatic carbocycles. The van der Waals surface area contributed by atoms with E-state index in [-0.39, 0.29) is 11.9 Å². The van der Waals surface area contributed by atoms with Crippen molar-refractivity contribution in [1.82, 2.24) is 10.2 Å². The van der Waals surface area contributed by atoms with Crippen LogP contribution >= 0.6 is 0 Å². The summed E-state index contributed by atoms with van der Waals surface area (Å²) in [4.78, 5) is 14.9. The second kappa shape index (κ2) is 10.1. The Morgan fingerprint density at radius 3 is 2.85 bits per heavy atom. The molecule has 6 nitrogen and oxygen atoms in total. The van der Waals surface area contributed by atoms with Crippen molar-refractivity contribution in [1.29, 1.82) is 0 Å². The fraction of sp³-hybridized carbons (Fsp3) is 0.476. The van der Waals surface area contributed by atoms with Gasteiger partial charge in [-0.25, -0.2) is 0 Å². The van der Waals surface area contributed by atoms with Gasteiger partial charge in [0.25, 0.3) is 5.91 Å². The first-order valence-electron chi connectivity index (χ1n) is 9.64. The Labute approximate surface area is 160 Å². The highest BCUT2D eigenvalue weighted by molar-refractivity contribution is 5.94. The Morgan fingerprint density at radius 2 is 2.11 bits per heavy atom. The maximum atomic E-state index is 12.6. The molecule has 1 amide bonds. The van der Waals surface area contributed by atoms with Crippen LogP contribution in [0.4, 0.5) is 0 Å². The molecule has 1 aliphatic rings. The monoisotopic (exact) mass is 372 g/mol. The number of morpholine rings is 1. The molecule has 3 rings (SSSR count). The van der Waals surface area contributed by atoms with Crippen molar-refractivity contribution in [3.05, 3.63) is 54.0 Å². The highest BCUT2D eigenvalue weighted by Crippen LogP contribution is 2.22. The first-order valence-corrected chi connectivity index (χ1v) is 9.64. The SMILES string of the molecule is CCCCOc1cccc(C(=O)NC[C@H](c2ccco2)N2CCOCC2)c1. The predicted molar refractivity (Wildman–Crippen MR) is 103 cm³/mol. The van der Waals surface area contributed by atoms with E-state index in [2.05, 4.69) is 17.1 Å². The van der Waals surface area contributed by atoms with Crippen LogP contribution in [0.15, 0.2) is 47.1 Å².